The van der Waals surface area contributed by atoms with Crippen molar-refractivity contribution in [1.82, 2.24) is 20.5 Å². The van der Waals surface area contributed by atoms with Crippen molar-refractivity contribution in [3.63, 3.8) is 0 Å². The van der Waals surface area contributed by atoms with E-state index in [0.717, 1.165) is 6.42 Å². The molecule has 0 aliphatic carbocycles. The van der Waals surface area contributed by atoms with E-state index in [2.05, 4.69) is 16.0 Å². The number of rotatable bonds is 8. The van der Waals surface area contributed by atoms with E-state index in [1.807, 2.05) is 33.2 Å². The summed E-state index contributed by atoms with van der Waals surface area (Å²) in [5, 5.41) is 8.74. The van der Waals surface area contributed by atoms with E-state index in [9.17, 15) is 14.4 Å². The van der Waals surface area contributed by atoms with Gasteiger partial charge >= 0.3 is 0 Å². The zero-order valence-electron chi connectivity index (χ0n) is 15.2. The molecule has 1 aromatic rings. The maximum atomic E-state index is 12.3. The van der Waals surface area contributed by atoms with E-state index in [0.29, 0.717) is 37.9 Å². The minimum absolute atomic E-state index is 0.0225. The van der Waals surface area contributed by atoms with Gasteiger partial charge in [-0.05, 0) is 45.2 Å². The van der Waals surface area contributed by atoms with Crippen LogP contribution in [0.4, 0.5) is 0 Å². The number of nitrogens with one attached hydrogen (secondary N) is 3. The molecule has 0 aromatic carbocycles. The van der Waals surface area contributed by atoms with Gasteiger partial charge in [0.1, 0.15) is 5.69 Å². The number of amides is 3. The maximum absolute atomic E-state index is 12.3. The third kappa shape index (κ3) is 5.92. The summed E-state index contributed by atoms with van der Waals surface area (Å²) in [6.45, 7) is 4.37. The first-order valence-corrected chi connectivity index (χ1v) is 8.77. The van der Waals surface area contributed by atoms with Gasteiger partial charge in [0.25, 0.3) is 5.91 Å². The molecular weight excluding hydrogens is 320 g/mol. The van der Waals surface area contributed by atoms with Crippen LogP contribution in [0.2, 0.25) is 0 Å². The Bertz CT molecular complexity index is 636. The van der Waals surface area contributed by atoms with Crippen LogP contribution in [-0.4, -0.2) is 40.4 Å². The topological polar surface area (TPSA) is 92.2 Å². The molecule has 2 heterocycles. The Labute approximate surface area is 148 Å². The van der Waals surface area contributed by atoms with Crippen LogP contribution in [0, 0.1) is 0 Å². The lowest BCUT2D eigenvalue weighted by Gasteiger charge is -2.26. The standard InChI is InChI=1S/C18H28N4O3/c1-18(2,21-17(25)14-5-4-12-22(14)3)10-11-19-15(23)8-6-13-7-9-16(24)20-13/h4-5,12-13H,6-11H2,1-3H3,(H,19,23)(H,20,24)(H,21,25). The first-order valence-electron chi connectivity index (χ1n) is 8.77. The molecule has 1 aromatic heterocycles. The average Bonchev–Trinajstić information content (AvgIpc) is 3.13. The summed E-state index contributed by atoms with van der Waals surface area (Å²) in [4.78, 5) is 35.3. The predicted molar refractivity (Wildman–Crippen MR) is 95.0 cm³/mol. The van der Waals surface area contributed by atoms with Crippen molar-refractivity contribution in [2.75, 3.05) is 6.54 Å². The van der Waals surface area contributed by atoms with Crippen molar-refractivity contribution < 1.29 is 14.4 Å². The van der Waals surface area contributed by atoms with Gasteiger partial charge < -0.3 is 20.5 Å². The van der Waals surface area contributed by atoms with Gasteiger partial charge in [0.2, 0.25) is 11.8 Å². The number of aromatic nitrogens is 1. The Morgan fingerprint density at radius 3 is 2.76 bits per heavy atom. The van der Waals surface area contributed by atoms with Gasteiger partial charge in [0.15, 0.2) is 0 Å². The number of nitrogens with zero attached hydrogens (tertiary/aromatic N) is 1. The van der Waals surface area contributed by atoms with Crippen molar-refractivity contribution in [3.8, 4) is 0 Å². The molecule has 1 aliphatic rings. The molecule has 0 saturated carbocycles. The molecule has 1 fully saturated rings. The van der Waals surface area contributed by atoms with E-state index < -0.39 is 5.54 Å². The minimum Gasteiger partial charge on any atom is -0.356 e. The number of carbonyl (C=O) groups is 3. The minimum atomic E-state index is -0.423. The Kier molecular flexibility index (Phi) is 6.22. The fraction of sp³-hybridized carbons (Fsp3) is 0.611. The smallest absolute Gasteiger partial charge is 0.268 e. The molecule has 1 unspecified atom stereocenters. The molecule has 2 rings (SSSR count). The van der Waals surface area contributed by atoms with Crippen LogP contribution in [0.3, 0.4) is 0 Å². The van der Waals surface area contributed by atoms with Crippen molar-refractivity contribution in [3.05, 3.63) is 24.0 Å². The van der Waals surface area contributed by atoms with Crippen LogP contribution in [0.15, 0.2) is 18.3 Å². The normalized spacial score (nSPS) is 17.2. The van der Waals surface area contributed by atoms with E-state index in [4.69, 9.17) is 0 Å². The first kappa shape index (κ1) is 19.0. The lowest BCUT2D eigenvalue weighted by molar-refractivity contribution is -0.122. The summed E-state index contributed by atoms with van der Waals surface area (Å²) < 4.78 is 1.77. The van der Waals surface area contributed by atoms with Gasteiger partial charge in [-0.3, -0.25) is 14.4 Å². The van der Waals surface area contributed by atoms with E-state index >= 15 is 0 Å². The first-order chi connectivity index (χ1) is 11.8. The van der Waals surface area contributed by atoms with E-state index in [1.165, 1.54) is 0 Å². The van der Waals surface area contributed by atoms with Gasteiger partial charge in [0, 0.05) is 44.2 Å². The summed E-state index contributed by atoms with van der Waals surface area (Å²) >= 11 is 0. The third-order valence-electron chi connectivity index (χ3n) is 4.51. The molecule has 138 valence electrons. The molecule has 0 radical (unpaired) electrons. The summed E-state index contributed by atoms with van der Waals surface area (Å²) in [7, 11) is 1.83. The highest BCUT2D eigenvalue weighted by atomic mass is 16.2. The second-order valence-corrected chi connectivity index (χ2v) is 7.28. The van der Waals surface area contributed by atoms with Gasteiger partial charge in [-0.1, -0.05) is 0 Å². The molecule has 3 N–H and O–H groups in total. The summed E-state index contributed by atoms with van der Waals surface area (Å²) in [5.41, 5.74) is 0.185. The molecule has 1 atom stereocenters. The zero-order chi connectivity index (χ0) is 18.4. The van der Waals surface area contributed by atoms with Crippen molar-refractivity contribution in [2.45, 2.75) is 57.5 Å². The number of aryl methyl sites for hydroxylation is 1. The fourth-order valence-electron chi connectivity index (χ4n) is 2.93. The van der Waals surface area contributed by atoms with Crippen molar-refractivity contribution in [1.29, 1.82) is 0 Å². The van der Waals surface area contributed by atoms with Crippen LogP contribution >= 0.6 is 0 Å². The van der Waals surface area contributed by atoms with Crippen LogP contribution in [0.25, 0.3) is 0 Å². The van der Waals surface area contributed by atoms with Crippen LogP contribution in [0.1, 0.15) is 56.4 Å². The fourth-order valence-corrected chi connectivity index (χ4v) is 2.93. The summed E-state index contributed by atoms with van der Waals surface area (Å²) in [6, 6.07) is 3.73. The van der Waals surface area contributed by atoms with E-state index in [1.54, 1.807) is 10.6 Å². The van der Waals surface area contributed by atoms with Crippen LogP contribution in [0.5, 0.6) is 0 Å². The Morgan fingerprint density at radius 1 is 1.40 bits per heavy atom. The summed E-state index contributed by atoms with van der Waals surface area (Å²) in [6.07, 6.45) is 4.90. The second-order valence-electron chi connectivity index (χ2n) is 7.28. The quantitative estimate of drug-likeness (QED) is 0.657. The molecule has 7 heteroatoms. The molecule has 0 bridgehead atoms. The predicted octanol–water partition coefficient (Wildman–Crippen LogP) is 1.10. The van der Waals surface area contributed by atoms with Crippen LogP contribution in [-0.2, 0) is 16.6 Å². The highest BCUT2D eigenvalue weighted by molar-refractivity contribution is 5.93. The third-order valence-corrected chi connectivity index (χ3v) is 4.51. The van der Waals surface area contributed by atoms with Gasteiger partial charge in [-0.15, -0.1) is 0 Å². The molecular formula is C18H28N4O3. The largest absolute Gasteiger partial charge is 0.356 e. The van der Waals surface area contributed by atoms with Crippen molar-refractivity contribution >= 4 is 17.7 Å². The summed E-state index contributed by atoms with van der Waals surface area (Å²) in [5.74, 6) is -0.0763. The van der Waals surface area contributed by atoms with Crippen LogP contribution < -0.4 is 16.0 Å². The maximum Gasteiger partial charge on any atom is 0.268 e. The zero-order valence-corrected chi connectivity index (χ0v) is 15.2. The Hall–Kier alpha value is -2.31. The molecule has 7 nitrogen and oxygen atoms in total. The van der Waals surface area contributed by atoms with Gasteiger partial charge in [-0.2, -0.15) is 0 Å². The van der Waals surface area contributed by atoms with E-state index in [-0.39, 0.29) is 23.8 Å². The number of carbonyl (C=O) groups excluding carboxylic acids is 3. The monoisotopic (exact) mass is 348 g/mol. The molecule has 3 amide bonds. The molecule has 0 spiro atoms. The number of hydrogen-bond acceptors (Lipinski definition) is 3. The second kappa shape index (κ2) is 8.18. The Balaban J connectivity index is 1.67. The molecule has 1 saturated heterocycles. The Morgan fingerprint density at radius 2 is 2.16 bits per heavy atom. The molecule has 1 aliphatic heterocycles. The lowest BCUT2D eigenvalue weighted by atomic mass is 10.00. The average molecular weight is 348 g/mol. The number of hydrogen-bond donors (Lipinski definition) is 3. The van der Waals surface area contributed by atoms with Gasteiger partial charge in [-0.25, -0.2) is 0 Å². The van der Waals surface area contributed by atoms with Crippen molar-refractivity contribution in [2.24, 2.45) is 7.05 Å². The molecule has 25 heavy (non-hydrogen) atoms. The lowest BCUT2D eigenvalue weighted by Crippen LogP contribution is -2.46. The highest BCUT2D eigenvalue weighted by Gasteiger charge is 2.23. The van der Waals surface area contributed by atoms with Gasteiger partial charge in [0.05, 0.1) is 0 Å². The highest BCUT2D eigenvalue weighted by Crippen LogP contribution is 2.12. The SMILES string of the molecule is Cn1cccc1C(=O)NC(C)(C)CCNC(=O)CCC1CCC(=O)N1.